The van der Waals surface area contributed by atoms with Crippen LogP contribution in [0.3, 0.4) is 0 Å². The molecule has 0 atom stereocenters. The number of rotatable bonds is 1. The Hall–Kier alpha value is 1.10. The van der Waals surface area contributed by atoms with Crippen LogP contribution in [0.5, 0.6) is 0 Å². The maximum absolute atomic E-state index is 11.3. The van der Waals surface area contributed by atoms with Crippen molar-refractivity contribution >= 4 is 40.9 Å². The fraction of sp³-hybridized carbons (Fsp3) is 1.00. The molecule has 0 radical (unpaired) electrons. The van der Waals surface area contributed by atoms with Crippen molar-refractivity contribution in [1.82, 2.24) is 5.09 Å². The maximum Gasteiger partial charge on any atom is 0.462 e. The quantitative estimate of drug-likeness (QED) is 0.350. The van der Waals surface area contributed by atoms with Gasteiger partial charge in [-0.25, -0.2) is 0 Å². The van der Waals surface area contributed by atoms with Crippen molar-refractivity contribution in [2.45, 2.75) is 6.30 Å². The van der Waals surface area contributed by atoms with Crippen LogP contribution in [0, 0.1) is 0 Å². The van der Waals surface area contributed by atoms with E-state index in [4.69, 9.17) is 0 Å². The zero-order chi connectivity index (χ0) is 7.71. The molecule has 8 heteroatoms. The topological polar surface area (TPSA) is 12.0 Å². The van der Waals surface area contributed by atoms with Crippen LogP contribution in [-0.2, 0) is 11.8 Å². The van der Waals surface area contributed by atoms with E-state index in [2.05, 4.69) is 36.3 Å². The van der Waals surface area contributed by atoms with E-state index >= 15 is 0 Å². The van der Waals surface area contributed by atoms with Gasteiger partial charge in [-0.1, -0.05) is 11.8 Å². The van der Waals surface area contributed by atoms with E-state index in [9.17, 15) is 13.2 Å². The van der Waals surface area contributed by atoms with E-state index < -0.39 is 10.9 Å². The number of alkyl halides is 3. The van der Waals surface area contributed by atoms with Gasteiger partial charge in [0.05, 0.1) is 0 Å². The summed E-state index contributed by atoms with van der Waals surface area (Å²) in [6, 6.07) is 0. The number of nitrogens with one attached hydrogen (secondary N) is 1. The zero-order valence-corrected chi connectivity index (χ0v) is 7.38. The van der Waals surface area contributed by atoms with Gasteiger partial charge < -0.3 is 0 Å². The fourth-order valence-electron chi connectivity index (χ4n) is 0.165. The Morgan fingerprint density at radius 1 is 1.33 bits per heavy atom. The van der Waals surface area contributed by atoms with E-state index in [0.717, 1.165) is 5.09 Å². The Morgan fingerprint density at radius 2 is 1.67 bits per heavy atom. The third kappa shape index (κ3) is 9.10. The third-order valence-corrected chi connectivity index (χ3v) is 1.69. The summed E-state index contributed by atoms with van der Waals surface area (Å²) in [5, 5.41) is 1.11. The van der Waals surface area contributed by atoms with E-state index in [-0.39, 0.29) is 0 Å². The molecule has 0 amide bonds. The molecule has 0 saturated carbocycles. The highest BCUT2D eigenvalue weighted by Gasteiger charge is 2.31. The third-order valence-electron chi connectivity index (χ3n) is 0.272. The summed E-state index contributed by atoms with van der Waals surface area (Å²) in [6.07, 6.45) is -4.47. The first-order chi connectivity index (χ1) is 3.71. The minimum atomic E-state index is -4.47. The summed E-state index contributed by atoms with van der Waals surface area (Å²) in [4.78, 5) is 0. The van der Waals surface area contributed by atoms with Crippen molar-refractivity contribution in [3.8, 4) is 0 Å². The Kier molecular flexibility index (Phi) is 3.37. The molecule has 1 N–H and O–H groups in total. The number of thiol groups is 2. The number of hydrogen-bond acceptors (Lipinski definition) is 1. The van der Waals surface area contributed by atoms with Crippen LogP contribution in [-0.4, -0.2) is 6.30 Å². The molecular formula is CH3F3NPS3. The van der Waals surface area contributed by atoms with Crippen molar-refractivity contribution in [3.05, 3.63) is 0 Å². The Balaban J connectivity index is 3.90. The van der Waals surface area contributed by atoms with Crippen LogP contribution in [0.1, 0.15) is 0 Å². The molecule has 0 aliphatic carbocycles. The van der Waals surface area contributed by atoms with Gasteiger partial charge in [-0.2, -0.15) is 18.3 Å². The Morgan fingerprint density at radius 3 is 1.67 bits per heavy atom. The molecule has 0 aliphatic heterocycles. The Labute approximate surface area is 65.8 Å². The van der Waals surface area contributed by atoms with Crippen molar-refractivity contribution in [1.29, 1.82) is 0 Å². The monoisotopic (exact) mass is 213 g/mol. The van der Waals surface area contributed by atoms with Crippen molar-refractivity contribution in [2.24, 2.45) is 0 Å². The predicted octanol–water partition coefficient (Wildman–Crippen LogP) is 2.18. The van der Waals surface area contributed by atoms with E-state index in [1.807, 2.05) is 0 Å². The molecule has 1 nitrogen and oxygen atoms in total. The highest BCUT2D eigenvalue weighted by atomic mass is 33.2. The van der Waals surface area contributed by atoms with Gasteiger partial charge in [0.25, 0.3) is 0 Å². The van der Waals surface area contributed by atoms with Gasteiger partial charge in [-0.3, -0.25) is 0 Å². The molecule has 0 aromatic heterocycles. The SMILES string of the molecule is FC(F)(F)NP(=S)(S)S. The molecule has 9 heavy (non-hydrogen) atoms. The van der Waals surface area contributed by atoms with Crippen LogP contribution in [0.25, 0.3) is 0 Å². The minimum Gasteiger partial charge on any atom is -0.182 e. The summed E-state index contributed by atoms with van der Waals surface area (Å²) in [7, 11) is 0. The second-order valence-electron chi connectivity index (χ2n) is 1.15. The van der Waals surface area contributed by atoms with Crippen LogP contribution in [0.15, 0.2) is 0 Å². The lowest BCUT2D eigenvalue weighted by molar-refractivity contribution is -0.136. The van der Waals surface area contributed by atoms with Gasteiger partial charge in [0.2, 0.25) is 0 Å². The van der Waals surface area contributed by atoms with Crippen LogP contribution in [0.4, 0.5) is 13.2 Å². The molecule has 0 aromatic carbocycles. The molecule has 56 valence electrons. The van der Waals surface area contributed by atoms with Crippen LogP contribution < -0.4 is 5.09 Å². The average Bonchev–Trinajstić information content (AvgIpc) is 1.14. The highest BCUT2D eigenvalue weighted by molar-refractivity contribution is 8.91. The molecule has 0 spiro atoms. The summed E-state index contributed by atoms with van der Waals surface area (Å²) < 4.78 is 31.0. The van der Waals surface area contributed by atoms with E-state index in [1.165, 1.54) is 0 Å². The number of halogens is 3. The summed E-state index contributed by atoms with van der Waals surface area (Å²) in [6.45, 7) is 0. The lowest BCUT2D eigenvalue weighted by atomic mass is 11.3. The second-order valence-corrected chi connectivity index (χ2v) is 10.3. The van der Waals surface area contributed by atoms with Crippen LogP contribution >= 0.6 is 29.1 Å². The van der Waals surface area contributed by atoms with Gasteiger partial charge in [-0.15, -0.1) is 24.5 Å². The first-order valence-corrected chi connectivity index (χ1v) is 6.73. The molecule has 0 bridgehead atoms. The summed E-state index contributed by atoms with van der Waals surface area (Å²) >= 11 is 11.1. The first kappa shape index (κ1) is 10.1. The molecule has 0 aliphatic rings. The molecule has 0 saturated heterocycles. The zero-order valence-electron chi connectivity index (χ0n) is 3.88. The van der Waals surface area contributed by atoms with Gasteiger partial charge in [0.1, 0.15) is 4.59 Å². The highest BCUT2D eigenvalue weighted by Crippen LogP contribution is 2.53. The molecule has 0 rings (SSSR count). The normalized spacial score (nSPS) is 13.9. The van der Waals surface area contributed by atoms with Crippen molar-refractivity contribution in [3.63, 3.8) is 0 Å². The summed E-state index contributed by atoms with van der Waals surface area (Å²) in [5.74, 6) is 0. The molecule has 0 aromatic rings. The molecule has 0 fully saturated rings. The predicted molar refractivity (Wildman–Crippen MR) is 41.4 cm³/mol. The Bertz CT molecular complexity index is 136. The fourth-order valence-corrected chi connectivity index (χ4v) is 1.49. The standard InChI is InChI=1S/CH3F3NPS3/c2-1(3,4)5-6(7,8)9/h(H3,5,7,8,9). The van der Waals surface area contributed by atoms with Gasteiger partial charge in [0, 0.05) is 0 Å². The van der Waals surface area contributed by atoms with Gasteiger partial charge >= 0.3 is 6.30 Å². The van der Waals surface area contributed by atoms with Crippen molar-refractivity contribution < 1.29 is 13.2 Å². The van der Waals surface area contributed by atoms with Crippen LogP contribution in [0.2, 0.25) is 0 Å². The smallest absolute Gasteiger partial charge is 0.182 e. The first-order valence-electron chi connectivity index (χ1n) is 1.62. The summed E-state index contributed by atoms with van der Waals surface area (Å²) in [5.41, 5.74) is 0. The average molecular weight is 213 g/mol. The van der Waals surface area contributed by atoms with E-state index in [1.54, 1.807) is 0 Å². The van der Waals surface area contributed by atoms with Crippen molar-refractivity contribution in [2.75, 3.05) is 0 Å². The van der Waals surface area contributed by atoms with Gasteiger partial charge in [0.15, 0.2) is 0 Å². The van der Waals surface area contributed by atoms with E-state index in [0.29, 0.717) is 0 Å². The maximum atomic E-state index is 11.3. The molecule has 0 heterocycles. The molecular weight excluding hydrogens is 210 g/mol. The number of hydrogen-bond donors (Lipinski definition) is 3. The lowest BCUT2D eigenvalue weighted by Crippen LogP contribution is -2.25. The largest absolute Gasteiger partial charge is 0.462 e. The lowest BCUT2D eigenvalue weighted by Gasteiger charge is -2.12. The van der Waals surface area contributed by atoms with Gasteiger partial charge in [-0.05, 0) is 0 Å². The second kappa shape index (κ2) is 3.00. The minimum absolute atomic E-state index is 1.11. The molecule has 0 unspecified atom stereocenters.